The normalized spacial score (nSPS) is 10.2. The Kier molecular flexibility index (Phi) is 4.02. The number of hydrogen-bond acceptors (Lipinski definition) is 4. The van der Waals surface area contributed by atoms with Crippen LogP contribution < -0.4 is 10.1 Å². The molecule has 0 unspecified atom stereocenters. The summed E-state index contributed by atoms with van der Waals surface area (Å²) >= 11 is 0. The molecule has 0 aliphatic rings. The summed E-state index contributed by atoms with van der Waals surface area (Å²) in [6, 6.07) is 4.52. The molecule has 2 rings (SSSR count). The lowest BCUT2D eigenvalue weighted by atomic mass is 10.1. The molecule has 0 saturated carbocycles. The van der Waals surface area contributed by atoms with Gasteiger partial charge in [-0.2, -0.15) is 0 Å². The van der Waals surface area contributed by atoms with Crippen LogP contribution in [0, 0.1) is 0 Å². The molecule has 1 heterocycles. The van der Waals surface area contributed by atoms with Crippen molar-refractivity contribution in [3.63, 3.8) is 0 Å². The molecule has 0 saturated heterocycles. The molecule has 6 heteroatoms. The van der Waals surface area contributed by atoms with Gasteiger partial charge in [-0.05, 0) is 18.2 Å². The molecule has 19 heavy (non-hydrogen) atoms. The van der Waals surface area contributed by atoms with E-state index in [1.54, 1.807) is 18.5 Å². The van der Waals surface area contributed by atoms with Crippen molar-refractivity contribution in [2.24, 2.45) is 0 Å². The van der Waals surface area contributed by atoms with Gasteiger partial charge in [0.1, 0.15) is 17.3 Å². The van der Waals surface area contributed by atoms with Gasteiger partial charge in [-0.15, -0.1) is 0 Å². The van der Waals surface area contributed by atoms with Crippen LogP contribution in [0.2, 0.25) is 0 Å². The molecule has 0 aliphatic heterocycles. The number of carbonyl (C=O) groups is 1. The van der Waals surface area contributed by atoms with Crippen molar-refractivity contribution < 1.29 is 14.6 Å². The van der Waals surface area contributed by atoms with Crippen LogP contribution in [0.3, 0.4) is 0 Å². The molecular weight excluding hydrogens is 246 g/mol. The number of phenols is 1. The lowest BCUT2D eigenvalue weighted by molar-refractivity contribution is 0.0951. The van der Waals surface area contributed by atoms with Crippen molar-refractivity contribution >= 4 is 5.91 Å². The summed E-state index contributed by atoms with van der Waals surface area (Å²) in [4.78, 5) is 18.9. The van der Waals surface area contributed by atoms with E-state index in [-0.39, 0.29) is 17.2 Å². The van der Waals surface area contributed by atoms with Crippen molar-refractivity contribution in [3.05, 3.63) is 42.0 Å². The first-order valence-corrected chi connectivity index (χ1v) is 5.84. The molecule has 2 aromatic rings. The van der Waals surface area contributed by atoms with Crippen molar-refractivity contribution in [1.82, 2.24) is 15.3 Å². The monoisotopic (exact) mass is 261 g/mol. The Balaban J connectivity index is 1.95. The second-order valence-electron chi connectivity index (χ2n) is 3.92. The van der Waals surface area contributed by atoms with E-state index in [0.717, 1.165) is 5.82 Å². The van der Waals surface area contributed by atoms with E-state index in [0.29, 0.717) is 18.7 Å². The fraction of sp³-hybridized carbons (Fsp3) is 0.231. The van der Waals surface area contributed by atoms with E-state index in [2.05, 4.69) is 15.3 Å². The molecule has 0 fully saturated rings. The summed E-state index contributed by atoms with van der Waals surface area (Å²) in [7, 11) is 1.50. The van der Waals surface area contributed by atoms with Crippen LogP contribution in [0.5, 0.6) is 11.5 Å². The predicted molar refractivity (Wildman–Crippen MR) is 69.3 cm³/mol. The summed E-state index contributed by atoms with van der Waals surface area (Å²) in [6.45, 7) is 0.434. The summed E-state index contributed by atoms with van der Waals surface area (Å²) in [5, 5.41) is 12.4. The highest BCUT2D eigenvalue weighted by Crippen LogP contribution is 2.22. The molecular formula is C13H15N3O3. The number of amides is 1. The van der Waals surface area contributed by atoms with E-state index in [9.17, 15) is 9.90 Å². The Hall–Kier alpha value is -2.50. The molecule has 0 aliphatic carbocycles. The van der Waals surface area contributed by atoms with Crippen LogP contribution in [0.4, 0.5) is 0 Å². The molecule has 100 valence electrons. The van der Waals surface area contributed by atoms with Gasteiger partial charge in [0, 0.05) is 25.4 Å². The average molecular weight is 261 g/mol. The highest BCUT2D eigenvalue weighted by molar-refractivity contribution is 5.97. The molecule has 6 nitrogen and oxygen atoms in total. The Bertz CT molecular complexity index is 552. The van der Waals surface area contributed by atoms with Crippen LogP contribution in [0.25, 0.3) is 0 Å². The molecule has 1 aromatic heterocycles. The quantitative estimate of drug-likeness (QED) is 0.752. The summed E-state index contributed by atoms with van der Waals surface area (Å²) in [5.41, 5.74) is 0.193. The number of rotatable bonds is 5. The van der Waals surface area contributed by atoms with Crippen molar-refractivity contribution in [2.75, 3.05) is 13.7 Å². The molecule has 1 amide bonds. The first kappa shape index (κ1) is 12.9. The van der Waals surface area contributed by atoms with Crippen LogP contribution in [0.1, 0.15) is 16.2 Å². The van der Waals surface area contributed by atoms with Gasteiger partial charge in [0.05, 0.1) is 12.7 Å². The van der Waals surface area contributed by atoms with E-state index in [4.69, 9.17) is 4.74 Å². The second-order valence-corrected chi connectivity index (χ2v) is 3.92. The fourth-order valence-corrected chi connectivity index (χ4v) is 1.65. The highest BCUT2D eigenvalue weighted by atomic mass is 16.5. The average Bonchev–Trinajstić information content (AvgIpc) is 2.92. The van der Waals surface area contributed by atoms with E-state index >= 15 is 0 Å². The van der Waals surface area contributed by atoms with Crippen LogP contribution in [-0.4, -0.2) is 34.6 Å². The Morgan fingerprint density at radius 3 is 3.05 bits per heavy atom. The Morgan fingerprint density at radius 1 is 1.53 bits per heavy atom. The van der Waals surface area contributed by atoms with Crippen LogP contribution >= 0.6 is 0 Å². The zero-order chi connectivity index (χ0) is 13.7. The largest absolute Gasteiger partial charge is 0.507 e. The summed E-state index contributed by atoms with van der Waals surface area (Å²) in [5.74, 6) is 0.906. The molecule has 0 atom stereocenters. The van der Waals surface area contributed by atoms with Gasteiger partial charge in [0.15, 0.2) is 0 Å². The smallest absolute Gasteiger partial charge is 0.255 e. The van der Waals surface area contributed by atoms with E-state index in [1.807, 2.05) is 0 Å². The third kappa shape index (κ3) is 3.25. The summed E-state index contributed by atoms with van der Waals surface area (Å²) in [6.07, 6.45) is 3.99. The first-order chi connectivity index (χ1) is 9.20. The number of aromatic nitrogens is 2. The second kappa shape index (κ2) is 5.90. The van der Waals surface area contributed by atoms with Gasteiger partial charge in [-0.25, -0.2) is 4.98 Å². The lowest BCUT2D eigenvalue weighted by Crippen LogP contribution is -2.26. The van der Waals surface area contributed by atoms with Gasteiger partial charge < -0.3 is 20.1 Å². The lowest BCUT2D eigenvalue weighted by Gasteiger charge is -2.08. The molecule has 0 spiro atoms. The van der Waals surface area contributed by atoms with Crippen molar-refractivity contribution in [3.8, 4) is 11.5 Å². The molecule has 0 radical (unpaired) electrons. The number of hydrogen-bond donors (Lipinski definition) is 3. The minimum absolute atomic E-state index is 0.0729. The van der Waals surface area contributed by atoms with Gasteiger partial charge in [0.25, 0.3) is 5.91 Å². The number of methoxy groups -OCH3 is 1. The number of nitrogens with one attached hydrogen (secondary N) is 2. The zero-order valence-electron chi connectivity index (χ0n) is 10.5. The summed E-state index contributed by atoms with van der Waals surface area (Å²) < 4.78 is 5.02. The molecule has 0 bridgehead atoms. The number of imidazole rings is 1. The number of benzene rings is 1. The van der Waals surface area contributed by atoms with E-state index < -0.39 is 0 Å². The predicted octanol–water partition coefficient (Wildman–Crippen LogP) is 1.10. The Labute approximate surface area is 110 Å². The topological polar surface area (TPSA) is 87.2 Å². The minimum Gasteiger partial charge on any atom is -0.507 e. The highest BCUT2D eigenvalue weighted by Gasteiger charge is 2.12. The minimum atomic E-state index is -0.344. The Morgan fingerprint density at radius 2 is 2.37 bits per heavy atom. The van der Waals surface area contributed by atoms with E-state index in [1.165, 1.54) is 19.2 Å². The van der Waals surface area contributed by atoms with Crippen molar-refractivity contribution in [1.29, 1.82) is 0 Å². The standard InChI is InChI=1S/C13H15N3O3/c1-19-9-2-3-11(17)10(8-9)13(18)16-5-4-12-14-6-7-15-12/h2-3,6-8,17H,4-5H2,1H3,(H,14,15)(H,16,18). The fourth-order valence-electron chi connectivity index (χ4n) is 1.65. The first-order valence-electron chi connectivity index (χ1n) is 5.84. The van der Waals surface area contributed by atoms with Gasteiger partial charge in [0.2, 0.25) is 0 Å². The molecule has 3 N–H and O–H groups in total. The third-order valence-electron chi connectivity index (χ3n) is 2.65. The number of nitrogens with zero attached hydrogens (tertiary/aromatic N) is 1. The van der Waals surface area contributed by atoms with Crippen LogP contribution in [-0.2, 0) is 6.42 Å². The number of ether oxygens (including phenoxy) is 1. The number of phenolic OH excluding ortho intramolecular Hbond substituents is 1. The number of carbonyl (C=O) groups excluding carboxylic acids is 1. The maximum atomic E-state index is 11.9. The van der Waals surface area contributed by atoms with Gasteiger partial charge >= 0.3 is 0 Å². The van der Waals surface area contributed by atoms with Crippen molar-refractivity contribution in [2.45, 2.75) is 6.42 Å². The maximum Gasteiger partial charge on any atom is 0.255 e. The number of aromatic hydroxyl groups is 1. The number of aromatic amines is 1. The van der Waals surface area contributed by atoms with Crippen LogP contribution in [0.15, 0.2) is 30.6 Å². The maximum absolute atomic E-state index is 11.9. The molecule has 1 aromatic carbocycles. The van der Waals surface area contributed by atoms with Gasteiger partial charge in [-0.1, -0.05) is 0 Å². The third-order valence-corrected chi connectivity index (χ3v) is 2.65. The zero-order valence-corrected chi connectivity index (χ0v) is 10.5. The SMILES string of the molecule is COc1ccc(O)c(C(=O)NCCc2ncc[nH]2)c1. The number of H-pyrrole nitrogens is 1. The van der Waals surface area contributed by atoms with Gasteiger partial charge in [-0.3, -0.25) is 4.79 Å².